The molecule has 0 saturated carbocycles. The number of carboxylic acid groups (broad SMARTS) is 1. The van der Waals surface area contributed by atoms with Crippen molar-refractivity contribution in [1.29, 1.82) is 0 Å². The Morgan fingerprint density at radius 2 is 2.14 bits per heavy atom. The first-order chi connectivity index (χ1) is 9.88. The Bertz CT molecular complexity index is 766. The van der Waals surface area contributed by atoms with E-state index in [4.69, 9.17) is 5.11 Å². The van der Waals surface area contributed by atoms with Crippen LogP contribution in [0.15, 0.2) is 28.4 Å². The summed E-state index contributed by atoms with van der Waals surface area (Å²) in [4.78, 5) is 33.7. The number of aryl methyl sites for hydroxylation is 1. The molecule has 0 saturated heterocycles. The maximum Gasteiger partial charge on any atom is 0.335 e. The Balaban J connectivity index is 2.13. The normalized spacial score (nSPS) is 10.4. The van der Waals surface area contributed by atoms with Gasteiger partial charge in [-0.25, -0.2) is 9.18 Å². The van der Waals surface area contributed by atoms with Crippen LogP contribution in [-0.2, 0) is 11.3 Å². The Labute approximate surface area is 122 Å². The first-order valence-electron chi connectivity index (χ1n) is 5.86. The molecule has 0 fully saturated rings. The number of nitrogens with zero attached hydrogens (tertiary/aromatic N) is 1. The number of carbonyl (C=O) groups excluding carboxylic acids is 1. The fourth-order valence-corrected chi connectivity index (χ4v) is 2.41. The number of carbonyl (C=O) groups is 2. The smallest absolute Gasteiger partial charge is 0.335 e. The van der Waals surface area contributed by atoms with Gasteiger partial charge in [0, 0.05) is 11.1 Å². The van der Waals surface area contributed by atoms with Crippen molar-refractivity contribution in [1.82, 2.24) is 4.57 Å². The summed E-state index contributed by atoms with van der Waals surface area (Å²) in [5.74, 6) is -2.68. The lowest BCUT2D eigenvalue weighted by molar-refractivity contribution is -0.116. The second-order valence-electron chi connectivity index (χ2n) is 4.28. The lowest BCUT2D eigenvalue weighted by atomic mass is 10.2. The maximum atomic E-state index is 13.7. The third-order valence-electron chi connectivity index (χ3n) is 2.77. The zero-order chi connectivity index (χ0) is 15.6. The molecule has 2 aromatic rings. The van der Waals surface area contributed by atoms with Crippen LogP contribution in [0.4, 0.5) is 10.1 Å². The minimum absolute atomic E-state index is 0.133. The predicted molar refractivity (Wildman–Crippen MR) is 75.3 cm³/mol. The summed E-state index contributed by atoms with van der Waals surface area (Å²) in [6, 6.07) is 3.17. The molecule has 1 amide bonds. The number of aromatic carboxylic acids is 1. The van der Waals surface area contributed by atoms with Crippen LogP contribution in [0.5, 0.6) is 0 Å². The first-order valence-corrected chi connectivity index (χ1v) is 6.74. The lowest BCUT2D eigenvalue weighted by Gasteiger charge is -2.08. The summed E-state index contributed by atoms with van der Waals surface area (Å²) in [7, 11) is 0. The topological polar surface area (TPSA) is 88.4 Å². The summed E-state index contributed by atoms with van der Waals surface area (Å²) in [6.45, 7) is 1.46. The molecule has 21 heavy (non-hydrogen) atoms. The Hall–Kier alpha value is -2.48. The number of carboxylic acids is 1. The highest BCUT2D eigenvalue weighted by Gasteiger charge is 2.12. The number of halogens is 1. The molecule has 2 N–H and O–H groups in total. The summed E-state index contributed by atoms with van der Waals surface area (Å²) in [5, 5.41) is 12.7. The van der Waals surface area contributed by atoms with Crippen molar-refractivity contribution in [3.63, 3.8) is 0 Å². The van der Waals surface area contributed by atoms with E-state index in [-0.39, 0.29) is 22.7 Å². The van der Waals surface area contributed by atoms with E-state index in [1.807, 2.05) is 0 Å². The molecule has 8 heteroatoms. The van der Waals surface area contributed by atoms with Crippen molar-refractivity contribution >= 4 is 28.9 Å². The summed E-state index contributed by atoms with van der Waals surface area (Å²) in [5.41, 5.74) is 0.295. The van der Waals surface area contributed by atoms with Crippen molar-refractivity contribution < 1.29 is 19.1 Å². The molecular formula is C13H11FN2O4S. The van der Waals surface area contributed by atoms with Crippen LogP contribution >= 0.6 is 11.3 Å². The summed E-state index contributed by atoms with van der Waals surface area (Å²) < 4.78 is 14.9. The number of amides is 1. The third kappa shape index (κ3) is 3.34. The van der Waals surface area contributed by atoms with Gasteiger partial charge in [0.25, 0.3) is 0 Å². The summed E-state index contributed by atoms with van der Waals surface area (Å²) >= 11 is 0.976. The quantitative estimate of drug-likeness (QED) is 0.899. The Morgan fingerprint density at radius 3 is 2.67 bits per heavy atom. The molecule has 1 aromatic heterocycles. The fraction of sp³-hybridized carbons (Fsp3) is 0.154. The van der Waals surface area contributed by atoms with Gasteiger partial charge in [0.2, 0.25) is 5.91 Å². The Morgan fingerprint density at radius 1 is 1.43 bits per heavy atom. The van der Waals surface area contributed by atoms with E-state index in [1.54, 1.807) is 12.3 Å². The monoisotopic (exact) mass is 310 g/mol. The van der Waals surface area contributed by atoms with Gasteiger partial charge < -0.3 is 10.4 Å². The molecular weight excluding hydrogens is 299 g/mol. The molecule has 1 heterocycles. The van der Waals surface area contributed by atoms with Gasteiger partial charge in [-0.05, 0) is 25.1 Å². The van der Waals surface area contributed by atoms with E-state index in [1.165, 1.54) is 16.7 Å². The van der Waals surface area contributed by atoms with Gasteiger partial charge in [-0.2, -0.15) is 0 Å². The van der Waals surface area contributed by atoms with Gasteiger partial charge in [-0.3, -0.25) is 14.2 Å². The van der Waals surface area contributed by atoms with Gasteiger partial charge in [0.15, 0.2) is 0 Å². The first kappa shape index (κ1) is 14.9. The number of aromatic nitrogens is 1. The van der Waals surface area contributed by atoms with Crippen molar-refractivity contribution in [3.8, 4) is 0 Å². The van der Waals surface area contributed by atoms with E-state index >= 15 is 0 Å². The highest BCUT2D eigenvalue weighted by Crippen LogP contribution is 2.16. The van der Waals surface area contributed by atoms with Crippen LogP contribution in [0.1, 0.15) is 16.1 Å². The summed E-state index contributed by atoms with van der Waals surface area (Å²) in [6.07, 6.45) is 0. The average molecular weight is 310 g/mol. The SMILES string of the molecule is Cc1csc(=O)n1CC(=O)Nc1ccc(C(=O)O)cc1F. The highest BCUT2D eigenvalue weighted by atomic mass is 32.1. The number of hydrogen-bond donors (Lipinski definition) is 2. The molecule has 0 bridgehead atoms. The van der Waals surface area contributed by atoms with Crippen LogP contribution in [0, 0.1) is 12.7 Å². The number of rotatable bonds is 4. The molecule has 0 aliphatic carbocycles. The minimum atomic E-state index is -1.26. The average Bonchev–Trinajstić information content (AvgIpc) is 2.72. The number of hydrogen-bond acceptors (Lipinski definition) is 4. The van der Waals surface area contributed by atoms with Crippen molar-refractivity contribution in [2.24, 2.45) is 0 Å². The van der Waals surface area contributed by atoms with Gasteiger partial charge in [0.05, 0.1) is 11.3 Å². The van der Waals surface area contributed by atoms with Gasteiger partial charge in [-0.15, -0.1) is 0 Å². The minimum Gasteiger partial charge on any atom is -0.478 e. The van der Waals surface area contributed by atoms with Crippen molar-refractivity contribution in [3.05, 3.63) is 50.3 Å². The molecule has 110 valence electrons. The van der Waals surface area contributed by atoms with E-state index in [2.05, 4.69) is 5.32 Å². The molecule has 6 nitrogen and oxygen atoms in total. The second-order valence-corrected chi connectivity index (χ2v) is 5.10. The van der Waals surface area contributed by atoms with Crippen LogP contribution in [-0.4, -0.2) is 21.6 Å². The van der Waals surface area contributed by atoms with E-state index in [0.29, 0.717) is 5.69 Å². The third-order valence-corrected chi connectivity index (χ3v) is 3.65. The molecule has 1 aromatic carbocycles. The van der Waals surface area contributed by atoms with E-state index in [0.717, 1.165) is 17.4 Å². The zero-order valence-corrected chi connectivity index (χ0v) is 11.7. The van der Waals surface area contributed by atoms with Gasteiger partial charge >= 0.3 is 10.8 Å². The number of thiazole rings is 1. The highest BCUT2D eigenvalue weighted by molar-refractivity contribution is 7.07. The molecule has 2 rings (SSSR count). The molecule has 0 unspecified atom stereocenters. The van der Waals surface area contributed by atoms with Crippen LogP contribution in [0.2, 0.25) is 0 Å². The molecule has 0 aliphatic rings. The lowest BCUT2D eigenvalue weighted by Crippen LogP contribution is -2.25. The number of nitrogens with one attached hydrogen (secondary N) is 1. The Kier molecular flexibility index (Phi) is 4.18. The number of benzene rings is 1. The molecule has 0 radical (unpaired) electrons. The predicted octanol–water partition coefficient (Wildman–Crippen LogP) is 1.69. The molecule has 0 aliphatic heterocycles. The largest absolute Gasteiger partial charge is 0.478 e. The molecule has 0 spiro atoms. The second kappa shape index (κ2) is 5.88. The van der Waals surface area contributed by atoms with Crippen molar-refractivity contribution in [2.75, 3.05) is 5.32 Å². The van der Waals surface area contributed by atoms with Gasteiger partial charge in [0.1, 0.15) is 12.4 Å². The van der Waals surface area contributed by atoms with Gasteiger partial charge in [-0.1, -0.05) is 11.3 Å². The standard InChI is InChI=1S/C13H11FN2O4S/c1-7-6-21-13(20)16(7)5-11(17)15-10-3-2-8(12(18)19)4-9(10)14/h2-4,6H,5H2,1H3,(H,15,17)(H,18,19). The maximum absolute atomic E-state index is 13.7. The zero-order valence-electron chi connectivity index (χ0n) is 10.9. The van der Waals surface area contributed by atoms with Crippen LogP contribution in [0.25, 0.3) is 0 Å². The van der Waals surface area contributed by atoms with E-state index < -0.39 is 17.7 Å². The van der Waals surface area contributed by atoms with Crippen LogP contribution < -0.4 is 10.2 Å². The molecule has 0 atom stereocenters. The van der Waals surface area contributed by atoms with E-state index in [9.17, 15) is 18.8 Å². The number of anilines is 1. The van der Waals surface area contributed by atoms with Crippen LogP contribution in [0.3, 0.4) is 0 Å². The fourth-order valence-electron chi connectivity index (χ4n) is 1.68. The van der Waals surface area contributed by atoms with Crippen molar-refractivity contribution in [2.45, 2.75) is 13.5 Å².